The summed E-state index contributed by atoms with van der Waals surface area (Å²) in [7, 11) is -0.500. The molecule has 0 aliphatic heterocycles. The van der Waals surface area contributed by atoms with Crippen LogP contribution in [0.5, 0.6) is 0 Å². The summed E-state index contributed by atoms with van der Waals surface area (Å²) in [5, 5.41) is 20.8. The average molecular weight is 199 g/mol. The fourth-order valence-electron chi connectivity index (χ4n) is 2.04. The summed E-state index contributed by atoms with van der Waals surface area (Å²) >= 11 is 0. The predicted octanol–water partition coefficient (Wildman–Crippen LogP) is 0.577. The van der Waals surface area contributed by atoms with Gasteiger partial charge in [0.2, 0.25) is 0 Å². The summed E-state index contributed by atoms with van der Waals surface area (Å²) in [6.45, 7) is 2.40. The molecule has 0 unspecified atom stereocenters. The SMILES string of the molecule is CB(O)NC[C@H]1CCC[C@@H](C(=O)O)C1. The molecule has 4 nitrogen and oxygen atoms in total. The number of rotatable bonds is 4. The molecule has 1 aliphatic rings. The van der Waals surface area contributed by atoms with Gasteiger partial charge in [-0.25, -0.2) is 0 Å². The fraction of sp³-hybridized carbons (Fsp3) is 0.889. The molecule has 0 aromatic rings. The molecule has 14 heavy (non-hydrogen) atoms. The van der Waals surface area contributed by atoms with Crippen LogP contribution in [0.25, 0.3) is 0 Å². The van der Waals surface area contributed by atoms with Gasteiger partial charge in [-0.15, -0.1) is 0 Å². The molecule has 2 atom stereocenters. The van der Waals surface area contributed by atoms with Gasteiger partial charge in [0.1, 0.15) is 0 Å². The number of carbonyl (C=O) groups is 1. The molecule has 1 saturated carbocycles. The average Bonchev–Trinajstić information content (AvgIpc) is 2.15. The van der Waals surface area contributed by atoms with E-state index in [1.165, 1.54) is 0 Å². The van der Waals surface area contributed by atoms with Gasteiger partial charge >= 0.3 is 13.0 Å². The van der Waals surface area contributed by atoms with Gasteiger partial charge in [-0.1, -0.05) is 6.42 Å². The molecule has 80 valence electrons. The topological polar surface area (TPSA) is 69.6 Å². The Hall–Kier alpha value is -0.545. The quantitative estimate of drug-likeness (QED) is 0.579. The van der Waals surface area contributed by atoms with Gasteiger partial charge in [-0.2, -0.15) is 0 Å². The van der Waals surface area contributed by atoms with Crippen molar-refractivity contribution in [3.63, 3.8) is 0 Å². The van der Waals surface area contributed by atoms with Crippen molar-refractivity contribution in [2.75, 3.05) is 6.54 Å². The second-order valence-electron chi connectivity index (χ2n) is 4.15. The first kappa shape index (κ1) is 11.5. The van der Waals surface area contributed by atoms with Crippen molar-refractivity contribution >= 4 is 13.0 Å². The maximum absolute atomic E-state index is 10.8. The standard InChI is InChI=1S/C9H18BNO3/c1-10(14)11-6-7-3-2-4-8(5-7)9(12)13/h7-8,11,14H,2-6H2,1H3,(H,12,13)/t7-,8+/m0/s1. The molecule has 3 N–H and O–H groups in total. The van der Waals surface area contributed by atoms with Crippen molar-refractivity contribution in [2.24, 2.45) is 11.8 Å². The van der Waals surface area contributed by atoms with Crippen LogP contribution in [-0.4, -0.2) is 29.7 Å². The molecule has 0 amide bonds. The van der Waals surface area contributed by atoms with Crippen molar-refractivity contribution < 1.29 is 14.9 Å². The van der Waals surface area contributed by atoms with Crippen molar-refractivity contribution in [1.82, 2.24) is 5.23 Å². The third kappa shape index (κ3) is 3.68. The fourth-order valence-corrected chi connectivity index (χ4v) is 2.04. The number of hydrogen-bond acceptors (Lipinski definition) is 3. The Bertz CT molecular complexity index is 198. The monoisotopic (exact) mass is 199 g/mol. The van der Waals surface area contributed by atoms with Gasteiger partial charge < -0.3 is 15.4 Å². The molecule has 0 heterocycles. The van der Waals surface area contributed by atoms with Crippen LogP contribution in [0.2, 0.25) is 6.82 Å². The smallest absolute Gasteiger partial charge is 0.373 e. The Labute approximate surface area is 84.8 Å². The second-order valence-corrected chi connectivity index (χ2v) is 4.15. The van der Waals surface area contributed by atoms with Gasteiger partial charge in [-0.3, -0.25) is 4.79 Å². The van der Waals surface area contributed by atoms with E-state index >= 15 is 0 Å². The number of hydrogen-bond donors (Lipinski definition) is 3. The van der Waals surface area contributed by atoms with E-state index in [1.807, 2.05) is 0 Å². The molecule has 0 aromatic heterocycles. The summed E-state index contributed by atoms with van der Waals surface area (Å²) in [6, 6.07) is 0. The van der Waals surface area contributed by atoms with E-state index < -0.39 is 13.0 Å². The van der Waals surface area contributed by atoms with Crippen LogP contribution in [0.1, 0.15) is 25.7 Å². The highest BCUT2D eigenvalue weighted by Gasteiger charge is 2.26. The van der Waals surface area contributed by atoms with Crippen LogP contribution in [0.4, 0.5) is 0 Å². The van der Waals surface area contributed by atoms with E-state index in [-0.39, 0.29) is 5.92 Å². The minimum absolute atomic E-state index is 0.176. The van der Waals surface area contributed by atoms with E-state index in [1.54, 1.807) is 6.82 Å². The summed E-state index contributed by atoms with van der Waals surface area (Å²) in [4.78, 5) is 10.8. The Morgan fingerprint density at radius 3 is 2.86 bits per heavy atom. The Morgan fingerprint density at radius 2 is 2.29 bits per heavy atom. The maximum atomic E-state index is 10.8. The molecule has 0 saturated heterocycles. The summed E-state index contributed by atoms with van der Waals surface area (Å²) < 4.78 is 0. The van der Waals surface area contributed by atoms with Crippen molar-refractivity contribution in [1.29, 1.82) is 0 Å². The first-order valence-corrected chi connectivity index (χ1v) is 5.24. The highest BCUT2D eigenvalue weighted by molar-refractivity contribution is 6.45. The molecule has 1 rings (SSSR count). The first-order valence-electron chi connectivity index (χ1n) is 5.24. The highest BCUT2D eigenvalue weighted by atomic mass is 16.4. The Morgan fingerprint density at radius 1 is 1.57 bits per heavy atom. The van der Waals surface area contributed by atoms with Crippen molar-refractivity contribution in [3.8, 4) is 0 Å². The molecule has 1 aliphatic carbocycles. The number of carboxylic acids is 1. The first-order chi connectivity index (χ1) is 6.59. The normalized spacial score (nSPS) is 27.3. The zero-order valence-corrected chi connectivity index (χ0v) is 8.57. The molecule has 0 spiro atoms. The lowest BCUT2D eigenvalue weighted by atomic mass is 9.79. The molecule has 5 heteroatoms. The highest BCUT2D eigenvalue weighted by Crippen LogP contribution is 2.28. The summed E-state index contributed by atoms with van der Waals surface area (Å²) in [6.07, 6.45) is 3.61. The minimum Gasteiger partial charge on any atom is -0.481 e. The van der Waals surface area contributed by atoms with Gasteiger partial charge in [0.05, 0.1) is 5.92 Å². The zero-order valence-electron chi connectivity index (χ0n) is 8.57. The molecule has 0 aromatic carbocycles. The molecule has 1 fully saturated rings. The van der Waals surface area contributed by atoms with Crippen molar-refractivity contribution in [3.05, 3.63) is 0 Å². The van der Waals surface area contributed by atoms with E-state index in [0.29, 0.717) is 5.92 Å². The predicted molar refractivity (Wildman–Crippen MR) is 54.9 cm³/mol. The minimum atomic E-state index is -0.674. The van der Waals surface area contributed by atoms with Gasteiger partial charge in [0, 0.05) is 0 Å². The Kier molecular flexibility index (Phi) is 4.42. The van der Waals surface area contributed by atoms with E-state index in [9.17, 15) is 4.79 Å². The largest absolute Gasteiger partial charge is 0.481 e. The van der Waals surface area contributed by atoms with E-state index in [4.69, 9.17) is 10.1 Å². The van der Waals surface area contributed by atoms with Gasteiger partial charge in [0.25, 0.3) is 0 Å². The van der Waals surface area contributed by atoms with E-state index in [0.717, 1.165) is 32.2 Å². The molecule has 0 radical (unpaired) electrons. The molecule has 0 bridgehead atoms. The van der Waals surface area contributed by atoms with Crippen molar-refractivity contribution in [2.45, 2.75) is 32.5 Å². The summed E-state index contributed by atoms with van der Waals surface area (Å²) in [5.74, 6) is -0.448. The lowest BCUT2D eigenvalue weighted by Crippen LogP contribution is -2.37. The van der Waals surface area contributed by atoms with Gasteiger partial charge in [0.15, 0.2) is 0 Å². The van der Waals surface area contributed by atoms with Crippen LogP contribution in [0.15, 0.2) is 0 Å². The number of aliphatic carboxylic acids is 1. The number of nitrogens with one attached hydrogen (secondary N) is 1. The lowest BCUT2D eigenvalue weighted by molar-refractivity contribution is -0.143. The third-order valence-electron chi connectivity index (χ3n) is 2.83. The molecular weight excluding hydrogens is 181 g/mol. The number of carboxylic acid groups (broad SMARTS) is 1. The Balaban J connectivity index is 2.29. The second kappa shape index (κ2) is 5.36. The molecular formula is C9H18BNO3. The van der Waals surface area contributed by atoms with Crippen LogP contribution >= 0.6 is 0 Å². The maximum Gasteiger partial charge on any atom is 0.373 e. The van der Waals surface area contributed by atoms with Crippen LogP contribution in [-0.2, 0) is 4.79 Å². The lowest BCUT2D eigenvalue weighted by Gasteiger charge is -2.26. The zero-order chi connectivity index (χ0) is 10.6. The van der Waals surface area contributed by atoms with Crippen LogP contribution in [0.3, 0.4) is 0 Å². The third-order valence-corrected chi connectivity index (χ3v) is 2.83. The van der Waals surface area contributed by atoms with Gasteiger partial charge in [-0.05, 0) is 38.5 Å². The summed E-state index contributed by atoms with van der Waals surface area (Å²) in [5.41, 5.74) is 0. The van der Waals surface area contributed by atoms with Crippen LogP contribution in [0, 0.1) is 11.8 Å². The van der Waals surface area contributed by atoms with E-state index in [2.05, 4.69) is 5.23 Å². The van der Waals surface area contributed by atoms with Crippen LogP contribution < -0.4 is 5.23 Å².